The van der Waals surface area contributed by atoms with E-state index < -0.39 is 0 Å². The van der Waals surface area contributed by atoms with Gasteiger partial charge in [-0.25, -0.2) is 9.78 Å². The van der Waals surface area contributed by atoms with Crippen molar-refractivity contribution in [3.8, 4) is 0 Å². The fraction of sp³-hybridized carbons (Fsp3) is 0.286. The van der Waals surface area contributed by atoms with Crippen molar-refractivity contribution in [2.75, 3.05) is 12.4 Å². The van der Waals surface area contributed by atoms with Gasteiger partial charge in [-0.2, -0.15) is 0 Å². The van der Waals surface area contributed by atoms with E-state index in [1.807, 2.05) is 37.4 Å². The van der Waals surface area contributed by atoms with Crippen molar-refractivity contribution in [1.82, 2.24) is 4.98 Å². The molecular formula is C14H16N2O2S. The highest BCUT2D eigenvalue weighted by Crippen LogP contribution is 2.20. The number of benzene rings is 1. The van der Waals surface area contributed by atoms with Gasteiger partial charge in [0.1, 0.15) is 5.01 Å². The summed E-state index contributed by atoms with van der Waals surface area (Å²) < 4.78 is 4.80. The lowest BCUT2D eigenvalue weighted by molar-refractivity contribution is 0.0601. The quantitative estimate of drug-likeness (QED) is 0.872. The second kappa shape index (κ2) is 5.84. The van der Waals surface area contributed by atoms with Gasteiger partial charge in [0.25, 0.3) is 0 Å². The number of aromatic nitrogens is 1. The van der Waals surface area contributed by atoms with Gasteiger partial charge in [-0.05, 0) is 26.0 Å². The first-order chi connectivity index (χ1) is 9.10. The second-order valence-electron chi connectivity index (χ2n) is 4.28. The molecule has 0 amide bonds. The van der Waals surface area contributed by atoms with Crippen molar-refractivity contribution < 1.29 is 9.53 Å². The van der Waals surface area contributed by atoms with Crippen LogP contribution >= 0.6 is 11.3 Å². The maximum Gasteiger partial charge on any atom is 0.339 e. The summed E-state index contributed by atoms with van der Waals surface area (Å²) in [5.74, 6) is -0.332. The Kier molecular flexibility index (Phi) is 4.16. The summed E-state index contributed by atoms with van der Waals surface area (Å²) in [7, 11) is 1.39. The van der Waals surface area contributed by atoms with Crippen LogP contribution in [0.15, 0.2) is 23.6 Å². The maximum atomic E-state index is 11.7. The number of hydrogen-bond acceptors (Lipinski definition) is 5. The number of thiazole rings is 1. The number of hydrogen-bond donors (Lipinski definition) is 1. The van der Waals surface area contributed by atoms with E-state index in [0.29, 0.717) is 12.1 Å². The third-order valence-corrected chi connectivity index (χ3v) is 3.64. The van der Waals surface area contributed by atoms with Crippen molar-refractivity contribution >= 4 is 23.0 Å². The number of nitrogens with zero attached hydrogens (tertiary/aromatic N) is 1. The van der Waals surface area contributed by atoms with Crippen LogP contribution in [0.4, 0.5) is 5.69 Å². The molecule has 0 aliphatic carbocycles. The number of ether oxygens (including phenoxy) is 1. The zero-order valence-corrected chi connectivity index (χ0v) is 12.0. The van der Waals surface area contributed by atoms with Crippen molar-refractivity contribution in [2.24, 2.45) is 0 Å². The van der Waals surface area contributed by atoms with Crippen LogP contribution in [0.3, 0.4) is 0 Å². The van der Waals surface area contributed by atoms with Gasteiger partial charge in [0.15, 0.2) is 0 Å². The monoisotopic (exact) mass is 276 g/mol. The number of carbonyl (C=O) groups is 1. The normalized spacial score (nSPS) is 10.3. The predicted octanol–water partition coefficient (Wildman–Crippen LogP) is 3.16. The van der Waals surface area contributed by atoms with Crippen LogP contribution in [-0.2, 0) is 11.3 Å². The van der Waals surface area contributed by atoms with E-state index in [4.69, 9.17) is 4.74 Å². The van der Waals surface area contributed by atoms with E-state index >= 15 is 0 Å². The van der Waals surface area contributed by atoms with Gasteiger partial charge in [-0.15, -0.1) is 11.3 Å². The van der Waals surface area contributed by atoms with Gasteiger partial charge in [0.05, 0.1) is 19.2 Å². The van der Waals surface area contributed by atoms with Gasteiger partial charge in [0, 0.05) is 16.8 Å². The first-order valence-corrected chi connectivity index (χ1v) is 6.82. The van der Waals surface area contributed by atoms with Gasteiger partial charge in [-0.1, -0.05) is 11.6 Å². The summed E-state index contributed by atoms with van der Waals surface area (Å²) in [6.07, 6.45) is 0. The molecule has 19 heavy (non-hydrogen) atoms. The smallest absolute Gasteiger partial charge is 0.339 e. The second-order valence-corrected chi connectivity index (χ2v) is 5.22. The molecule has 1 aromatic heterocycles. The Morgan fingerprint density at radius 1 is 1.42 bits per heavy atom. The number of anilines is 1. The SMILES string of the molecule is COC(=O)c1cc(C)ccc1NCc1nc(C)cs1. The molecule has 0 spiro atoms. The highest BCUT2D eigenvalue weighted by molar-refractivity contribution is 7.09. The van der Waals surface area contributed by atoms with Gasteiger partial charge in [0.2, 0.25) is 0 Å². The fourth-order valence-corrected chi connectivity index (χ4v) is 2.46. The molecule has 0 unspecified atom stereocenters. The minimum atomic E-state index is -0.332. The van der Waals surface area contributed by atoms with Crippen LogP contribution in [-0.4, -0.2) is 18.1 Å². The minimum absolute atomic E-state index is 0.332. The molecule has 0 fully saturated rings. The summed E-state index contributed by atoms with van der Waals surface area (Å²) in [5, 5.41) is 6.23. The molecule has 0 aliphatic rings. The van der Waals surface area contributed by atoms with E-state index in [1.54, 1.807) is 11.3 Å². The molecule has 5 heteroatoms. The Morgan fingerprint density at radius 3 is 2.84 bits per heavy atom. The number of rotatable bonds is 4. The van der Waals surface area contributed by atoms with Crippen LogP contribution in [0, 0.1) is 13.8 Å². The number of methoxy groups -OCH3 is 1. The van der Waals surface area contributed by atoms with Crippen molar-refractivity contribution in [3.63, 3.8) is 0 Å². The number of aryl methyl sites for hydroxylation is 2. The summed E-state index contributed by atoms with van der Waals surface area (Å²) >= 11 is 1.60. The lowest BCUT2D eigenvalue weighted by Gasteiger charge is -2.10. The van der Waals surface area contributed by atoms with Crippen molar-refractivity contribution in [1.29, 1.82) is 0 Å². The van der Waals surface area contributed by atoms with Gasteiger partial charge in [-0.3, -0.25) is 0 Å². The Hall–Kier alpha value is -1.88. The number of nitrogens with one attached hydrogen (secondary N) is 1. The van der Waals surface area contributed by atoms with E-state index in [-0.39, 0.29) is 5.97 Å². The molecule has 0 saturated carbocycles. The molecule has 1 N–H and O–H groups in total. The molecule has 2 aromatic rings. The predicted molar refractivity (Wildman–Crippen MR) is 76.7 cm³/mol. The molecule has 100 valence electrons. The van der Waals surface area contributed by atoms with Crippen LogP contribution < -0.4 is 5.32 Å². The zero-order valence-electron chi connectivity index (χ0n) is 11.2. The topological polar surface area (TPSA) is 51.2 Å². The van der Waals surface area contributed by atoms with Gasteiger partial charge >= 0.3 is 5.97 Å². The van der Waals surface area contributed by atoms with E-state index in [0.717, 1.165) is 22.0 Å². The van der Waals surface area contributed by atoms with E-state index in [9.17, 15) is 4.79 Å². The maximum absolute atomic E-state index is 11.7. The van der Waals surface area contributed by atoms with E-state index in [1.165, 1.54) is 7.11 Å². The van der Waals surface area contributed by atoms with Crippen LogP contribution in [0.25, 0.3) is 0 Å². The molecule has 0 saturated heterocycles. The van der Waals surface area contributed by atoms with Crippen molar-refractivity contribution in [3.05, 3.63) is 45.4 Å². The highest BCUT2D eigenvalue weighted by Gasteiger charge is 2.12. The minimum Gasteiger partial charge on any atom is -0.465 e. The molecule has 0 radical (unpaired) electrons. The molecule has 1 heterocycles. The summed E-state index contributed by atoms with van der Waals surface area (Å²) in [4.78, 5) is 16.1. The standard InChI is InChI=1S/C14H16N2O2S/c1-9-4-5-12(11(6-9)14(17)18-3)15-7-13-16-10(2)8-19-13/h4-6,8,15H,7H2,1-3H3. The third-order valence-electron chi connectivity index (χ3n) is 2.68. The molecule has 0 atom stereocenters. The Balaban J connectivity index is 2.17. The zero-order chi connectivity index (χ0) is 13.8. The lowest BCUT2D eigenvalue weighted by atomic mass is 10.1. The summed E-state index contributed by atoms with van der Waals surface area (Å²) in [5.41, 5.74) is 3.36. The molecule has 0 bridgehead atoms. The van der Waals surface area contributed by atoms with Crippen molar-refractivity contribution in [2.45, 2.75) is 20.4 Å². The average Bonchev–Trinajstić information content (AvgIpc) is 2.82. The Morgan fingerprint density at radius 2 is 2.21 bits per heavy atom. The molecule has 4 nitrogen and oxygen atoms in total. The Bertz CT molecular complexity index is 593. The number of carbonyl (C=O) groups excluding carboxylic acids is 1. The Labute approximate surface area is 116 Å². The molecule has 1 aromatic carbocycles. The largest absolute Gasteiger partial charge is 0.465 e. The first kappa shape index (κ1) is 13.5. The third kappa shape index (κ3) is 3.32. The van der Waals surface area contributed by atoms with Gasteiger partial charge < -0.3 is 10.1 Å². The highest BCUT2D eigenvalue weighted by atomic mass is 32.1. The van der Waals surface area contributed by atoms with Crippen LogP contribution in [0.1, 0.15) is 26.6 Å². The molecular weight excluding hydrogens is 260 g/mol. The summed E-state index contributed by atoms with van der Waals surface area (Å²) in [6, 6.07) is 5.67. The lowest BCUT2D eigenvalue weighted by Crippen LogP contribution is -2.08. The van der Waals surface area contributed by atoms with Crippen LogP contribution in [0.5, 0.6) is 0 Å². The fourth-order valence-electron chi connectivity index (χ4n) is 1.75. The average molecular weight is 276 g/mol. The first-order valence-electron chi connectivity index (χ1n) is 5.94. The molecule has 0 aliphatic heterocycles. The molecule has 2 rings (SSSR count). The number of esters is 1. The summed E-state index contributed by atoms with van der Waals surface area (Å²) in [6.45, 7) is 4.51. The van der Waals surface area contributed by atoms with Crippen LogP contribution in [0.2, 0.25) is 0 Å². The van der Waals surface area contributed by atoms with E-state index in [2.05, 4.69) is 10.3 Å².